The quantitative estimate of drug-likeness (QED) is 0.0261. The summed E-state index contributed by atoms with van der Waals surface area (Å²) in [5, 5.41) is 54.3. The van der Waals surface area contributed by atoms with Gasteiger partial charge in [-0.15, -0.1) is 0 Å². The number of unbranched alkanes of at least 4 members (excludes halogenated alkanes) is 20. The highest BCUT2D eigenvalue weighted by atomic mass is 16.7. The van der Waals surface area contributed by atoms with E-state index in [4.69, 9.17) is 9.47 Å². The second-order valence-electron chi connectivity index (χ2n) is 19.0. The molecule has 1 fully saturated rings. The first-order valence-electron chi connectivity index (χ1n) is 28.1. The molecule has 1 heterocycles. The number of carbonyl (C=O) groups excluding carboxylic acids is 1. The fourth-order valence-corrected chi connectivity index (χ4v) is 8.12. The van der Waals surface area contributed by atoms with Gasteiger partial charge in [0.05, 0.1) is 25.4 Å². The zero-order valence-electron chi connectivity index (χ0n) is 44.2. The fraction of sp³-hybridized carbons (Fsp3) is 0.689. The van der Waals surface area contributed by atoms with Crippen LogP contribution in [0.15, 0.2) is 109 Å². The molecule has 9 heteroatoms. The number of carbonyl (C=O) groups is 1. The highest BCUT2D eigenvalue weighted by Crippen LogP contribution is 2.23. The van der Waals surface area contributed by atoms with Crippen LogP contribution in [0.25, 0.3) is 0 Å². The predicted molar refractivity (Wildman–Crippen MR) is 294 cm³/mol. The molecule has 0 aliphatic carbocycles. The molecule has 0 aromatic carbocycles. The molecule has 70 heavy (non-hydrogen) atoms. The van der Waals surface area contributed by atoms with Crippen molar-refractivity contribution >= 4 is 5.91 Å². The van der Waals surface area contributed by atoms with Gasteiger partial charge in [0.25, 0.3) is 0 Å². The Labute approximate surface area is 427 Å². The van der Waals surface area contributed by atoms with E-state index in [9.17, 15) is 30.3 Å². The maximum atomic E-state index is 13.0. The third-order valence-corrected chi connectivity index (χ3v) is 12.6. The van der Waals surface area contributed by atoms with Gasteiger partial charge in [-0.25, -0.2) is 0 Å². The summed E-state index contributed by atoms with van der Waals surface area (Å²) in [4.78, 5) is 13.0. The number of aliphatic hydroxyl groups excluding tert-OH is 5. The molecular formula is C61H103NO8. The van der Waals surface area contributed by atoms with Crippen molar-refractivity contribution in [3.63, 3.8) is 0 Å². The third kappa shape index (κ3) is 38.5. The number of aliphatic hydroxyl groups is 5. The van der Waals surface area contributed by atoms with Crippen LogP contribution in [-0.2, 0) is 14.3 Å². The summed E-state index contributed by atoms with van der Waals surface area (Å²) >= 11 is 0. The van der Waals surface area contributed by atoms with Gasteiger partial charge in [-0.1, -0.05) is 226 Å². The lowest BCUT2D eigenvalue weighted by atomic mass is 9.99. The Kier molecular flexibility index (Phi) is 45.8. The van der Waals surface area contributed by atoms with Gasteiger partial charge in [-0.2, -0.15) is 0 Å². The Balaban J connectivity index is 2.13. The van der Waals surface area contributed by atoms with Crippen LogP contribution in [0, 0.1) is 0 Å². The standard InChI is InChI=1S/C61H103NO8/c1-3-5-7-9-11-13-15-17-18-19-20-21-22-23-24-25-26-27-28-29-30-31-32-33-34-35-36-37-38-39-41-43-45-47-49-51-57(65)62-54(53-69-61-60(68)59(67)58(66)56(52-63)70-61)55(64)50-48-46-44-42-40-16-14-12-10-8-6-4-2/h5,7,10-13,17-18,20-21,23-24,26-27,40,42,48,50,54-56,58-61,63-64,66-68H,3-4,6,8-9,14-16,19,22,25,28-39,41,43-47,49,51-53H2,1-2H3,(H,62,65)/b7-5-,12-10+,13-11-,18-17-,21-20-,24-23-,27-26-,42-40+,50-48+. The molecule has 0 spiro atoms. The number of ether oxygens (including phenoxy) is 2. The van der Waals surface area contributed by atoms with Crippen molar-refractivity contribution in [2.45, 2.75) is 256 Å². The van der Waals surface area contributed by atoms with Crippen LogP contribution in [0.3, 0.4) is 0 Å². The second-order valence-corrected chi connectivity index (χ2v) is 19.0. The van der Waals surface area contributed by atoms with Crippen molar-refractivity contribution in [3.05, 3.63) is 109 Å². The summed E-state index contributed by atoms with van der Waals surface area (Å²) in [6, 6.07) is -0.832. The molecule has 1 rings (SSSR count). The molecule has 400 valence electrons. The average molecular weight is 978 g/mol. The summed E-state index contributed by atoms with van der Waals surface area (Å²) < 4.78 is 11.2. The summed E-state index contributed by atoms with van der Waals surface area (Å²) in [7, 11) is 0. The number of hydrogen-bond acceptors (Lipinski definition) is 8. The van der Waals surface area contributed by atoms with E-state index < -0.39 is 49.5 Å². The monoisotopic (exact) mass is 978 g/mol. The van der Waals surface area contributed by atoms with Gasteiger partial charge in [0.2, 0.25) is 5.91 Å². The molecule has 1 aliphatic heterocycles. The highest BCUT2D eigenvalue weighted by molar-refractivity contribution is 5.76. The largest absolute Gasteiger partial charge is 0.394 e. The van der Waals surface area contributed by atoms with E-state index >= 15 is 0 Å². The summed E-state index contributed by atoms with van der Waals surface area (Å²) in [6.07, 6.45) is 66.0. The van der Waals surface area contributed by atoms with Crippen LogP contribution >= 0.6 is 0 Å². The fourth-order valence-electron chi connectivity index (χ4n) is 8.12. The SMILES string of the molecule is CC/C=C\C/C=C\C/C=C\C/C=C\C/C=C\C/C=C\CCCCCCCCCCCCCCCCCCC(=O)NC(COC1OC(CO)C(O)C(O)C1O)C(O)/C=C/CC/C=C/CC/C=C/CCCC. The Morgan fingerprint density at radius 2 is 0.900 bits per heavy atom. The second kappa shape index (κ2) is 49.4. The summed E-state index contributed by atoms with van der Waals surface area (Å²) in [5.41, 5.74) is 0. The molecule has 7 unspecified atom stereocenters. The van der Waals surface area contributed by atoms with Crippen LogP contribution in [-0.4, -0.2) is 87.5 Å². The maximum absolute atomic E-state index is 13.0. The van der Waals surface area contributed by atoms with E-state index in [1.54, 1.807) is 6.08 Å². The van der Waals surface area contributed by atoms with Gasteiger partial charge in [0.1, 0.15) is 24.4 Å². The average Bonchev–Trinajstić information content (AvgIpc) is 3.36. The Morgan fingerprint density at radius 1 is 0.500 bits per heavy atom. The molecule has 7 atom stereocenters. The van der Waals surface area contributed by atoms with Crippen molar-refractivity contribution < 1.29 is 39.8 Å². The van der Waals surface area contributed by atoms with E-state index in [0.29, 0.717) is 6.42 Å². The van der Waals surface area contributed by atoms with E-state index in [2.05, 4.69) is 116 Å². The van der Waals surface area contributed by atoms with Crippen LogP contribution in [0.1, 0.15) is 213 Å². The normalized spacial score (nSPS) is 20.2. The van der Waals surface area contributed by atoms with E-state index in [-0.39, 0.29) is 12.5 Å². The minimum absolute atomic E-state index is 0.196. The lowest BCUT2D eigenvalue weighted by molar-refractivity contribution is -0.302. The smallest absolute Gasteiger partial charge is 0.220 e. The number of rotatable bonds is 46. The summed E-state index contributed by atoms with van der Waals surface area (Å²) in [5.74, 6) is -0.196. The molecule has 1 saturated heterocycles. The topological polar surface area (TPSA) is 149 Å². The molecule has 0 aromatic heterocycles. The zero-order chi connectivity index (χ0) is 50.8. The Bertz CT molecular complexity index is 1460. The van der Waals surface area contributed by atoms with Crippen molar-refractivity contribution in [1.29, 1.82) is 0 Å². The minimum atomic E-state index is -1.58. The van der Waals surface area contributed by atoms with E-state index in [1.807, 2.05) is 6.08 Å². The molecule has 1 amide bonds. The molecule has 0 radical (unpaired) electrons. The third-order valence-electron chi connectivity index (χ3n) is 12.6. The van der Waals surface area contributed by atoms with Crippen molar-refractivity contribution in [2.75, 3.05) is 13.2 Å². The summed E-state index contributed by atoms with van der Waals surface area (Å²) in [6.45, 7) is 3.58. The van der Waals surface area contributed by atoms with Crippen LogP contribution in [0.4, 0.5) is 0 Å². The van der Waals surface area contributed by atoms with E-state index in [1.165, 1.54) is 103 Å². The highest BCUT2D eigenvalue weighted by Gasteiger charge is 2.44. The molecule has 0 saturated carbocycles. The first kappa shape index (κ1) is 64.9. The molecule has 1 aliphatic rings. The first-order valence-corrected chi connectivity index (χ1v) is 28.1. The maximum Gasteiger partial charge on any atom is 0.220 e. The van der Waals surface area contributed by atoms with Crippen molar-refractivity contribution in [3.8, 4) is 0 Å². The molecule has 0 bridgehead atoms. The minimum Gasteiger partial charge on any atom is -0.394 e. The van der Waals surface area contributed by atoms with Crippen molar-refractivity contribution in [1.82, 2.24) is 5.32 Å². The molecular weight excluding hydrogens is 875 g/mol. The number of hydrogen-bond donors (Lipinski definition) is 6. The van der Waals surface area contributed by atoms with Crippen LogP contribution < -0.4 is 5.32 Å². The Morgan fingerprint density at radius 3 is 1.37 bits per heavy atom. The van der Waals surface area contributed by atoms with Gasteiger partial charge >= 0.3 is 0 Å². The van der Waals surface area contributed by atoms with Gasteiger partial charge in [0, 0.05) is 6.42 Å². The number of nitrogens with one attached hydrogen (secondary N) is 1. The van der Waals surface area contributed by atoms with Crippen LogP contribution in [0.2, 0.25) is 0 Å². The molecule has 9 nitrogen and oxygen atoms in total. The van der Waals surface area contributed by atoms with Gasteiger partial charge in [-0.05, 0) is 89.9 Å². The van der Waals surface area contributed by atoms with Crippen LogP contribution in [0.5, 0.6) is 0 Å². The van der Waals surface area contributed by atoms with Gasteiger partial charge in [0.15, 0.2) is 6.29 Å². The predicted octanol–water partition coefficient (Wildman–Crippen LogP) is 13.8. The van der Waals surface area contributed by atoms with E-state index in [0.717, 1.165) is 89.9 Å². The molecule has 0 aromatic rings. The number of allylic oxidation sites excluding steroid dienone is 17. The van der Waals surface area contributed by atoms with Gasteiger partial charge in [-0.3, -0.25) is 4.79 Å². The van der Waals surface area contributed by atoms with Crippen molar-refractivity contribution in [2.24, 2.45) is 0 Å². The molecule has 6 N–H and O–H groups in total. The lowest BCUT2D eigenvalue weighted by Crippen LogP contribution is -2.60. The lowest BCUT2D eigenvalue weighted by Gasteiger charge is -2.40. The zero-order valence-corrected chi connectivity index (χ0v) is 44.2. The Hall–Kier alpha value is -3.15. The van der Waals surface area contributed by atoms with Gasteiger partial charge < -0.3 is 40.3 Å². The number of amides is 1. The first-order chi connectivity index (χ1) is 34.3.